The van der Waals surface area contributed by atoms with E-state index in [2.05, 4.69) is 17.2 Å². The van der Waals surface area contributed by atoms with Crippen molar-refractivity contribution in [1.82, 2.24) is 0 Å². The third kappa shape index (κ3) is 2.92. The molecule has 0 spiro atoms. The van der Waals surface area contributed by atoms with Gasteiger partial charge in [0.2, 0.25) is 0 Å². The zero-order valence-electron chi connectivity index (χ0n) is 7.87. The topological polar surface area (TPSA) is 49.3 Å². The van der Waals surface area contributed by atoms with Crippen LogP contribution in [0.3, 0.4) is 0 Å². The molecule has 2 N–H and O–H groups in total. The first-order valence-corrected chi connectivity index (χ1v) is 4.20. The minimum Gasteiger partial charge on any atom is -0.392 e. The Kier molecular flexibility index (Phi) is 3.71. The van der Waals surface area contributed by atoms with Crippen LogP contribution >= 0.6 is 0 Å². The standard InChI is InChI=1S/C11H11NO2/c1-2-3-11(14)12-10-6-4-9(8-13)5-7-10/h4-7,13H,8H2,1H3,(H,12,14). The van der Waals surface area contributed by atoms with Gasteiger partial charge in [-0.1, -0.05) is 18.1 Å². The minimum absolute atomic E-state index is 0.00297. The fourth-order valence-electron chi connectivity index (χ4n) is 0.969. The summed E-state index contributed by atoms with van der Waals surface area (Å²) in [6, 6.07) is 6.94. The second-order valence-corrected chi connectivity index (χ2v) is 2.68. The highest BCUT2D eigenvalue weighted by atomic mass is 16.3. The van der Waals surface area contributed by atoms with E-state index in [0.717, 1.165) is 5.56 Å². The summed E-state index contributed by atoms with van der Waals surface area (Å²) in [5.41, 5.74) is 1.49. The number of carbonyl (C=O) groups excluding carboxylic acids is 1. The van der Waals surface area contributed by atoms with Crippen molar-refractivity contribution >= 4 is 11.6 Å². The highest BCUT2D eigenvalue weighted by Crippen LogP contribution is 2.08. The molecule has 0 aliphatic carbocycles. The average Bonchev–Trinajstić information content (AvgIpc) is 2.19. The number of nitrogens with one attached hydrogen (secondary N) is 1. The summed E-state index contributed by atoms with van der Waals surface area (Å²) in [5, 5.41) is 11.4. The summed E-state index contributed by atoms with van der Waals surface area (Å²) >= 11 is 0. The van der Waals surface area contributed by atoms with E-state index in [1.54, 1.807) is 31.2 Å². The van der Waals surface area contributed by atoms with Gasteiger partial charge in [-0.2, -0.15) is 0 Å². The van der Waals surface area contributed by atoms with Crippen LogP contribution in [0.1, 0.15) is 12.5 Å². The second-order valence-electron chi connectivity index (χ2n) is 2.68. The van der Waals surface area contributed by atoms with Crippen LogP contribution in [0.2, 0.25) is 0 Å². The van der Waals surface area contributed by atoms with Gasteiger partial charge < -0.3 is 10.4 Å². The fraction of sp³-hybridized carbons (Fsp3) is 0.182. The van der Waals surface area contributed by atoms with Crippen molar-refractivity contribution in [1.29, 1.82) is 0 Å². The van der Waals surface area contributed by atoms with Crippen LogP contribution < -0.4 is 5.32 Å². The summed E-state index contributed by atoms with van der Waals surface area (Å²) in [7, 11) is 0. The molecule has 0 heterocycles. The van der Waals surface area contributed by atoms with Crippen LogP contribution in [-0.2, 0) is 11.4 Å². The molecule has 0 atom stereocenters. The van der Waals surface area contributed by atoms with Gasteiger partial charge in [0.25, 0.3) is 5.91 Å². The third-order valence-corrected chi connectivity index (χ3v) is 1.63. The van der Waals surface area contributed by atoms with Crippen LogP contribution in [0.15, 0.2) is 24.3 Å². The molecule has 3 heteroatoms. The molecule has 0 aromatic heterocycles. The number of hydrogen-bond donors (Lipinski definition) is 2. The van der Waals surface area contributed by atoms with E-state index >= 15 is 0 Å². The molecule has 72 valence electrons. The number of aliphatic hydroxyl groups is 1. The SMILES string of the molecule is CC#CC(=O)Nc1ccc(CO)cc1. The molecule has 1 amide bonds. The lowest BCUT2D eigenvalue weighted by Gasteiger charge is -2.01. The van der Waals surface area contributed by atoms with Crippen LogP contribution in [-0.4, -0.2) is 11.0 Å². The van der Waals surface area contributed by atoms with Gasteiger partial charge >= 0.3 is 0 Å². The maximum absolute atomic E-state index is 11.0. The number of benzene rings is 1. The second kappa shape index (κ2) is 5.05. The lowest BCUT2D eigenvalue weighted by atomic mass is 10.2. The molecule has 0 radical (unpaired) electrons. The number of anilines is 1. The maximum atomic E-state index is 11.0. The summed E-state index contributed by atoms with van der Waals surface area (Å²) in [6.07, 6.45) is 0. The monoisotopic (exact) mass is 189 g/mol. The molecule has 1 aromatic rings. The van der Waals surface area contributed by atoms with Crippen molar-refractivity contribution in [2.75, 3.05) is 5.32 Å². The van der Waals surface area contributed by atoms with Crippen molar-refractivity contribution in [2.45, 2.75) is 13.5 Å². The molecule has 3 nitrogen and oxygen atoms in total. The number of carbonyl (C=O) groups is 1. The van der Waals surface area contributed by atoms with Gasteiger partial charge in [-0.15, -0.1) is 0 Å². The van der Waals surface area contributed by atoms with Crippen LogP contribution in [0.4, 0.5) is 5.69 Å². The van der Waals surface area contributed by atoms with E-state index in [4.69, 9.17) is 5.11 Å². The Morgan fingerprint density at radius 2 is 2.07 bits per heavy atom. The molecule has 14 heavy (non-hydrogen) atoms. The Morgan fingerprint density at radius 1 is 1.43 bits per heavy atom. The predicted molar refractivity (Wildman–Crippen MR) is 54.4 cm³/mol. The Morgan fingerprint density at radius 3 is 2.57 bits per heavy atom. The highest BCUT2D eigenvalue weighted by molar-refractivity contribution is 6.03. The van der Waals surface area contributed by atoms with Gasteiger partial charge in [0.15, 0.2) is 0 Å². The maximum Gasteiger partial charge on any atom is 0.300 e. The first-order chi connectivity index (χ1) is 6.76. The Bertz CT molecular complexity index is 371. The molecule has 0 saturated carbocycles. The fourth-order valence-corrected chi connectivity index (χ4v) is 0.969. The van der Waals surface area contributed by atoms with Crippen molar-refractivity contribution in [2.24, 2.45) is 0 Å². The van der Waals surface area contributed by atoms with Crippen LogP contribution in [0, 0.1) is 11.8 Å². The first kappa shape index (κ1) is 10.3. The van der Waals surface area contributed by atoms with Crippen LogP contribution in [0.5, 0.6) is 0 Å². The van der Waals surface area contributed by atoms with Gasteiger partial charge in [0.05, 0.1) is 6.61 Å². The molecular formula is C11H11NO2. The summed E-state index contributed by atoms with van der Waals surface area (Å²) in [4.78, 5) is 11.0. The normalized spacial score (nSPS) is 8.71. The molecule has 0 fully saturated rings. The average molecular weight is 189 g/mol. The Balaban J connectivity index is 2.67. The molecule has 1 rings (SSSR count). The quantitative estimate of drug-likeness (QED) is 0.685. The molecule has 0 aliphatic rings. The number of amides is 1. The zero-order chi connectivity index (χ0) is 10.4. The predicted octanol–water partition coefficient (Wildman–Crippen LogP) is 1.14. The van der Waals surface area contributed by atoms with Gasteiger partial charge in [-0.05, 0) is 30.5 Å². The molecule has 0 unspecified atom stereocenters. The third-order valence-electron chi connectivity index (χ3n) is 1.63. The van der Waals surface area contributed by atoms with E-state index in [0.29, 0.717) is 5.69 Å². The molecule has 0 bridgehead atoms. The lowest BCUT2D eigenvalue weighted by molar-refractivity contribution is -0.111. The summed E-state index contributed by atoms with van der Waals surface area (Å²) in [5.74, 6) is 4.55. The van der Waals surface area contributed by atoms with E-state index in [1.807, 2.05) is 0 Å². The summed E-state index contributed by atoms with van der Waals surface area (Å²) in [6.45, 7) is 1.61. The van der Waals surface area contributed by atoms with E-state index in [9.17, 15) is 4.79 Å². The van der Waals surface area contributed by atoms with Crippen LogP contribution in [0.25, 0.3) is 0 Å². The van der Waals surface area contributed by atoms with E-state index in [-0.39, 0.29) is 12.5 Å². The lowest BCUT2D eigenvalue weighted by Crippen LogP contribution is -2.08. The highest BCUT2D eigenvalue weighted by Gasteiger charge is 1.96. The Hall–Kier alpha value is -1.79. The van der Waals surface area contributed by atoms with Crippen molar-refractivity contribution < 1.29 is 9.90 Å². The molecular weight excluding hydrogens is 178 g/mol. The number of aliphatic hydroxyl groups excluding tert-OH is 1. The van der Waals surface area contributed by atoms with Gasteiger partial charge in [0, 0.05) is 5.69 Å². The van der Waals surface area contributed by atoms with Gasteiger partial charge in [0.1, 0.15) is 0 Å². The zero-order valence-corrected chi connectivity index (χ0v) is 7.87. The number of hydrogen-bond acceptors (Lipinski definition) is 2. The van der Waals surface area contributed by atoms with Gasteiger partial charge in [-0.25, -0.2) is 0 Å². The summed E-state index contributed by atoms with van der Waals surface area (Å²) < 4.78 is 0. The van der Waals surface area contributed by atoms with E-state index < -0.39 is 0 Å². The first-order valence-electron chi connectivity index (χ1n) is 4.20. The smallest absolute Gasteiger partial charge is 0.300 e. The molecule has 0 aliphatic heterocycles. The van der Waals surface area contributed by atoms with Crippen molar-refractivity contribution in [3.8, 4) is 11.8 Å². The molecule has 1 aromatic carbocycles. The largest absolute Gasteiger partial charge is 0.392 e. The van der Waals surface area contributed by atoms with Crippen molar-refractivity contribution in [3.63, 3.8) is 0 Å². The van der Waals surface area contributed by atoms with Crippen molar-refractivity contribution in [3.05, 3.63) is 29.8 Å². The van der Waals surface area contributed by atoms with E-state index in [1.165, 1.54) is 0 Å². The number of rotatable bonds is 2. The Labute approximate surface area is 82.8 Å². The van der Waals surface area contributed by atoms with Gasteiger partial charge in [-0.3, -0.25) is 4.79 Å². The minimum atomic E-state index is -0.329. The molecule has 0 saturated heterocycles.